The van der Waals surface area contributed by atoms with E-state index in [1.807, 2.05) is 56.0 Å². The van der Waals surface area contributed by atoms with Gasteiger partial charge < -0.3 is 14.7 Å². The number of aliphatic hydroxyl groups excluding tert-OH is 1. The highest BCUT2D eigenvalue weighted by Gasteiger charge is 2.32. The summed E-state index contributed by atoms with van der Waals surface area (Å²) in [5.41, 5.74) is 1.09. The number of hydrogen-bond acceptors (Lipinski definition) is 3. The van der Waals surface area contributed by atoms with Crippen molar-refractivity contribution in [1.82, 2.24) is 4.90 Å². The van der Waals surface area contributed by atoms with E-state index >= 15 is 0 Å². The zero-order chi connectivity index (χ0) is 16.8. The predicted molar refractivity (Wildman–Crippen MR) is 90.9 cm³/mol. The Labute approximate surface area is 139 Å². The van der Waals surface area contributed by atoms with Gasteiger partial charge >= 0.3 is 0 Å². The Morgan fingerprint density at radius 2 is 1.87 bits per heavy atom. The van der Waals surface area contributed by atoms with Crippen molar-refractivity contribution in [1.29, 1.82) is 0 Å². The molecule has 1 saturated heterocycles. The van der Waals surface area contributed by atoms with Crippen LogP contribution in [0.25, 0.3) is 0 Å². The molecule has 1 aromatic carbocycles. The molecule has 0 aliphatic carbocycles. The van der Waals surface area contributed by atoms with Gasteiger partial charge in [-0.05, 0) is 38.7 Å². The molecule has 3 unspecified atom stereocenters. The normalized spacial score (nSPS) is 25.8. The van der Waals surface area contributed by atoms with Crippen molar-refractivity contribution in [3.05, 3.63) is 35.9 Å². The molecule has 2 rings (SSSR count). The Kier molecular flexibility index (Phi) is 6.60. The number of ether oxygens (including phenoxy) is 1. The van der Waals surface area contributed by atoms with Crippen molar-refractivity contribution >= 4 is 5.91 Å². The smallest absolute Gasteiger partial charge is 0.226 e. The first-order valence-corrected chi connectivity index (χ1v) is 8.65. The minimum absolute atomic E-state index is 0.0125. The second-order valence-electron chi connectivity index (χ2n) is 6.69. The molecular formula is C19H29NO3. The molecule has 1 N–H and O–H groups in total. The second-order valence-corrected chi connectivity index (χ2v) is 6.69. The van der Waals surface area contributed by atoms with E-state index in [9.17, 15) is 9.90 Å². The Morgan fingerprint density at radius 3 is 2.43 bits per heavy atom. The van der Waals surface area contributed by atoms with E-state index in [1.54, 1.807) is 0 Å². The fourth-order valence-electron chi connectivity index (χ4n) is 3.28. The number of benzene rings is 1. The molecule has 4 heteroatoms. The van der Waals surface area contributed by atoms with Crippen LogP contribution in [0.15, 0.2) is 30.3 Å². The van der Waals surface area contributed by atoms with E-state index in [0.717, 1.165) is 18.4 Å². The van der Waals surface area contributed by atoms with Crippen molar-refractivity contribution in [2.45, 2.75) is 64.9 Å². The highest BCUT2D eigenvalue weighted by Crippen LogP contribution is 2.27. The van der Waals surface area contributed by atoms with Gasteiger partial charge in [0.15, 0.2) is 0 Å². The number of rotatable bonds is 6. The van der Waals surface area contributed by atoms with Gasteiger partial charge in [-0.15, -0.1) is 0 Å². The average Bonchev–Trinajstić information content (AvgIpc) is 2.53. The third-order valence-electron chi connectivity index (χ3n) is 4.48. The highest BCUT2D eigenvalue weighted by molar-refractivity contribution is 5.79. The zero-order valence-corrected chi connectivity index (χ0v) is 14.4. The fourth-order valence-corrected chi connectivity index (χ4v) is 3.28. The molecule has 1 aliphatic heterocycles. The molecule has 0 saturated carbocycles. The highest BCUT2D eigenvalue weighted by atomic mass is 16.5. The van der Waals surface area contributed by atoms with E-state index in [-0.39, 0.29) is 24.0 Å². The number of amides is 1. The van der Waals surface area contributed by atoms with Crippen LogP contribution in [0.1, 0.15) is 45.6 Å². The van der Waals surface area contributed by atoms with Gasteiger partial charge in [-0.2, -0.15) is 0 Å². The molecule has 1 aromatic rings. The van der Waals surface area contributed by atoms with Crippen LogP contribution in [0, 0.1) is 5.92 Å². The maximum absolute atomic E-state index is 13.0. The van der Waals surface area contributed by atoms with Gasteiger partial charge in [-0.25, -0.2) is 0 Å². The first-order chi connectivity index (χ1) is 11.0. The van der Waals surface area contributed by atoms with Crippen LogP contribution in [-0.4, -0.2) is 40.8 Å². The molecule has 1 fully saturated rings. The largest absolute Gasteiger partial charge is 0.391 e. The zero-order valence-electron chi connectivity index (χ0n) is 14.4. The van der Waals surface area contributed by atoms with Gasteiger partial charge in [0.05, 0.1) is 18.3 Å². The van der Waals surface area contributed by atoms with Crippen molar-refractivity contribution in [3.8, 4) is 0 Å². The first-order valence-electron chi connectivity index (χ1n) is 8.65. The number of nitrogens with zero attached hydrogens (tertiary/aromatic N) is 1. The summed E-state index contributed by atoms with van der Waals surface area (Å²) in [7, 11) is 0. The lowest BCUT2D eigenvalue weighted by atomic mass is 9.91. The molecule has 0 spiro atoms. The maximum Gasteiger partial charge on any atom is 0.226 e. The van der Waals surface area contributed by atoms with E-state index in [1.165, 1.54) is 0 Å². The molecule has 0 bridgehead atoms. The standard InChI is InChI=1S/C19H29NO3/c1-4-18(21)13-20(12-16-8-6-5-7-9-16)19(22)17-10-14(2)23-15(3)11-17/h5-9,14-15,17-18,21H,4,10-13H2,1-3H3. The predicted octanol–water partition coefficient (Wildman–Crippen LogP) is 2.99. The SMILES string of the molecule is CCC(O)CN(Cc1ccccc1)C(=O)C1CC(C)OC(C)C1. The van der Waals surface area contributed by atoms with Crippen LogP contribution < -0.4 is 0 Å². The van der Waals surface area contributed by atoms with E-state index < -0.39 is 6.10 Å². The lowest BCUT2D eigenvalue weighted by Gasteiger charge is -2.35. The summed E-state index contributed by atoms with van der Waals surface area (Å²) in [6, 6.07) is 9.97. The van der Waals surface area contributed by atoms with Crippen LogP contribution in [-0.2, 0) is 16.1 Å². The summed E-state index contributed by atoms with van der Waals surface area (Å²) >= 11 is 0. The van der Waals surface area contributed by atoms with Crippen LogP contribution in [0.4, 0.5) is 0 Å². The minimum atomic E-state index is -0.475. The lowest BCUT2D eigenvalue weighted by Crippen LogP contribution is -2.44. The Hall–Kier alpha value is -1.39. The first kappa shape index (κ1) is 18.0. The summed E-state index contributed by atoms with van der Waals surface area (Å²) in [5.74, 6) is 0.130. The number of hydrogen-bond donors (Lipinski definition) is 1. The number of aliphatic hydroxyl groups is 1. The molecule has 128 valence electrons. The van der Waals surface area contributed by atoms with Crippen LogP contribution >= 0.6 is 0 Å². The molecule has 23 heavy (non-hydrogen) atoms. The molecular weight excluding hydrogens is 290 g/mol. The molecule has 3 atom stereocenters. The topological polar surface area (TPSA) is 49.8 Å². The summed E-state index contributed by atoms with van der Waals surface area (Å²) in [6.45, 7) is 6.94. The van der Waals surface area contributed by atoms with Crippen molar-refractivity contribution < 1.29 is 14.6 Å². The van der Waals surface area contributed by atoms with Crippen LogP contribution in [0.2, 0.25) is 0 Å². The maximum atomic E-state index is 13.0. The molecule has 0 radical (unpaired) electrons. The van der Waals surface area contributed by atoms with E-state index in [4.69, 9.17) is 4.74 Å². The third-order valence-corrected chi connectivity index (χ3v) is 4.48. The summed E-state index contributed by atoms with van der Waals surface area (Å²) in [5, 5.41) is 10.0. The van der Waals surface area contributed by atoms with Crippen LogP contribution in [0.3, 0.4) is 0 Å². The van der Waals surface area contributed by atoms with Crippen molar-refractivity contribution in [2.24, 2.45) is 5.92 Å². The van der Waals surface area contributed by atoms with E-state index in [2.05, 4.69) is 0 Å². The van der Waals surface area contributed by atoms with Crippen molar-refractivity contribution in [3.63, 3.8) is 0 Å². The quantitative estimate of drug-likeness (QED) is 0.877. The van der Waals surface area contributed by atoms with E-state index in [0.29, 0.717) is 19.5 Å². The number of carbonyl (C=O) groups excluding carboxylic acids is 1. The Balaban J connectivity index is 2.10. The van der Waals surface area contributed by atoms with Gasteiger partial charge in [0.1, 0.15) is 0 Å². The molecule has 1 heterocycles. The summed E-state index contributed by atoms with van der Waals surface area (Å²) in [6.07, 6.45) is 1.93. The fraction of sp³-hybridized carbons (Fsp3) is 0.632. The molecule has 4 nitrogen and oxygen atoms in total. The van der Waals surface area contributed by atoms with Gasteiger partial charge in [-0.3, -0.25) is 4.79 Å². The van der Waals surface area contributed by atoms with Crippen LogP contribution in [0.5, 0.6) is 0 Å². The summed E-state index contributed by atoms with van der Waals surface area (Å²) < 4.78 is 5.75. The van der Waals surface area contributed by atoms with Gasteiger partial charge in [-0.1, -0.05) is 37.3 Å². The average molecular weight is 319 g/mol. The minimum Gasteiger partial charge on any atom is -0.391 e. The Morgan fingerprint density at radius 1 is 1.26 bits per heavy atom. The molecule has 0 aromatic heterocycles. The van der Waals surface area contributed by atoms with Gasteiger partial charge in [0.25, 0.3) is 0 Å². The monoisotopic (exact) mass is 319 g/mol. The third kappa shape index (κ3) is 5.33. The number of carbonyl (C=O) groups is 1. The summed E-state index contributed by atoms with van der Waals surface area (Å²) in [4.78, 5) is 14.8. The van der Waals surface area contributed by atoms with Gasteiger partial charge in [0.2, 0.25) is 5.91 Å². The Bertz CT molecular complexity index is 481. The molecule has 1 amide bonds. The van der Waals surface area contributed by atoms with Gasteiger partial charge in [0, 0.05) is 19.0 Å². The lowest BCUT2D eigenvalue weighted by molar-refractivity contribution is -0.145. The van der Waals surface area contributed by atoms with Crippen molar-refractivity contribution in [2.75, 3.05) is 6.54 Å². The second kappa shape index (κ2) is 8.46. The molecule has 1 aliphatic rings.